The SMILES string of the molecule is CC(C)(CCCCCNC(=O)OC1COCOC1)CN(C[C@@H](O)[C@H](Cc1ccccc1)N(C(=O)[O-])[C@H]1CO[C@H]2OCC[C@H]21)S(=O)(=O)c1ccc2c(c1)OCO2. The Hall–Kier alpha value is -3.71. The fraction of sp³-hybridized carbons (Fsp3) is 0.632. The number of alkyl carbamates (subject to hydrolysis) is 1. The minimum absolute atomic E-state index is 0.0192. The summed E-state index contributed by atoms with van der Waals surface area (Å²) in [6, 6.07) is 11.8. The first-order valence-corrected chi connectivity index (χ1v) is 20.3. The highest BCUT2D eigenvalue weighted by atomic mass is 32.2. The van der Waals surface area contributed by atoms with Crippen LogP contribution in [0.5, 0.6) is 11.5 Å². The lowest BCUT2D eigenvalue weighted by Crippen LogP contribution is -2.61. The second-order valence-corrected chi connectivity index (χ2v) is 17.1. The molecule has 0 saturated carbocycles. The van der Waals surface area contributed by atoms with Crippen molar-refractivity contribution in [2.24, 2.45) is 11.3 Å². The molecule has 6 rings (SSSR count). The van der Waals surface area contributed by atoms with E-state index in [0.29, 0.717) is 43.9 Å². The van der Waals surface area contributed by atoms with Crippen LogP contribution in [0.3, 0.4) is 0 Å². The summed E-state index contributed by atoms with van der Waals surface area (Å²) in [4.78, 5) is 26.2. The molecule has 2 aromatic carbocycles. The van der Waals surface area contributed by atoms with E-state index in [1.54, 1.807) is 0 Å². The lowest BCUT2D eigenvalue weighted by Gasteiger charge is -2.43. The van der Waals surface area contributed by atoms with Crippen molar-refractivity contribution in [2.75, 3.05) is 59.6 Å². The standard InChI is InChI=1S/C38H53N3O13S/c1-38(2,14-7-4-8-15-39-36(43)54-27-20-48-24-49-21-27)23-40(55(46,47)28-11-12-33-34(18-28)53-25-52-33)19-32(42)30(17-26-9-5-3-6-10-26)41(37(44)45)31-22-51-35-29(31)13-16-50-35/h3,5-6,9-12,18,27,29-32,35,42H,4,7-8,13-17,19-25H2,1-2H3,(H,39,43)(H,44,45)/p-1/t29-,30-,31-,32+,35+/m0/s1. The van der Waals surface area contributed by atoms with E-state index >= 15 is 0 Å². The van der Waals surface area contributed by atoms with Gasteiger partial charge in [-0.25, -0.2) is 13.2 Å². The molecule has 3 saturated heterocycles. The van der Waals surface area contributed by atoms with Crippen molar-refractivity contribution in [3.05, 3.63) is 54.1 Å². The van der Waals surface area contributed by atoms with Gasteiger partial charge in [0.2, 0.25) is 16.8 Å². The van der Waals surface area contributed by atoms with E-state index in [9.17, 15) is 28.2 Å². The number of sulfonamides is 1. The number of aliphatic hydroxyl groups is 1. The minimum Gasteiger partial charge on any atom is -0.530 e. The number of fused-ring (bicyclic) bond motifs is 2. The average Bonchev–Trinajstić information content (AvgIpc) is 3.92. The molecule has 2 N–H and O–H groups in total. The molecule has 0 bridgehead atoms. The van der Waals surface area contributed by atoms with Crippen molar-refractivity contribution in [3.63, 3.8) is 0 Å². The maximum absolute atomic E-state index is 14.5. The van der Waals surface area contributed by atoms with Crippen LogP contribution < -0.4 is 19.9 Å². The molecule has 304 valence electrons. The number of hydrogen-bond acceptors (Lipinski definition) is 13. The third-order valence-corrected chi connectivity index (χ3v) is 12.3. The highest BCUT2D eigenvalue weighted by Crippen LogP contribution is 2.38. The number of rotatable bonds is 18. The molecular weight excluding hydrogens is 738 g/mol. The molecule has 0 radical (unpaired) electrons. The van der Waals surface area contributed by atoms with Crippen LogP contribution in [0.1, 0.15) is 51.5 Å². The molecule has 2 aromatic rings. The molecule has 16 nitrogen and oxygen atoms in total. The molecule has 5 atom stereocenters. The maximum atomic E-state index is 14.5. The summed E-state index contributed by atoms with van der Waals surface area (Å²) in [5, 5.41) is 27.9. The molecule has 0 aromatic heterocycles. The van der Waals surface area contributed by atoms with Gasteiger partial charge >= 0.3 is 6.09 Å². The van der Waals surface area contributed by atoms with Gasteiger partial charge < -0.3 is 58.4 Å². The van der Waals surface area contributed by atoms with Crippen molar-refractivity contribution in [3.8, 4) is 11.5 Å². The van der Waals surface area contributed by atoms with Crippen LogP contribution in [0.25, 0.3) is 0 Å². The molecule has 17 heteroatoms. The molecule has 4 aliphatic rings. The van der Waals surface area contributed by atoms with E-state index in [1.165, 1.54) is 22.5 Å². The Morgan fingerprint density at radius 1 is 1.00 bits per heavy atom. The number of carbonyl (C=O) groups excluding carboxylic acids is 2. The second-order valence-electron chi connectivity index (χ2n) is 15.2. The van der Waals surface area contributed by atoms with Gasteiger partial charge in [-0.2, -0.15) is 4.31 Å². The van der Waals surface area contributed by atoms with E-state index in [0.717, 1.165) is 23.3 Å². The van der Waals surface area contributed by atoms with E-state index in [2.05, 4.69) is 5.32 Å². The second kappa shape index (κ2) is 18.5. The molecular formula is C38H52N3O13S-. The summed E-state index contributed by atoms with van der Waals surface area (Å²) < 4.78 is 68.3. The molecule has 55 heavy (non-hydrogen) atoms. The average molecular weight is 791 g/mol. The van der Waals surface area contributed by atoms with Gasteiger partial charge in [-0.3, -0.25) is 0 Å². The van der Waals surface area contributed by atoms with Crippen molar-refractivity contribution >= 4 is 22.2 Å². The number of carboxylic acid groups (broad SMARTS) is 1. The highest BCUT2D eigenvalue weighted by molar-refractivity contribution is 7.89. The molecule has 0 spiro atoms. The molecule has 2 amide bonds. The van der Waals surface area contributed by atoms with Gasteiger partial charge in [0.15, 0.2) is 23.9 Å². The van der Waals surface area contributed by atoms with E-state index in [1.807, 2.05) is 44.2 Å². The molecule has 3 fully saturated rings. The van der Waals surface area contributed by atoms with Gasteiger partial charge in [-0.15, -0.1) is 0 Å². The van der Waals surface area contributed by atoms with E-state index in [-0.39, 0.29) is 57.2 Å². The summed E-state index contributed by atoms with van der Waals surface area (Å²) in [6.45, 7) is 5.14. The predicted molar refractivity (Wildman–Crippen MR) is 193 cm³/mol. The fourth-order valence-electron chi connectivity index (χ4n) is 7.66. The van der Waals surface area contributed by atoms with Crippen LogP contribution >= 0.6 is 0 Å². The Labute approximate surface area is 321 Å². The van der Waals surface area contributed by atoms with Crippen molar-refractivity contribution in [1.29, 1.82) is 0 Å². The lowest BCUT2D eigenvalue weighted by atomic mass is 9.86. The number of benzene rings is 2. The topological polar surface area (TPSA) is 195 Å². The number of hydrogen-bond donors (Lipinski definition) is 2. The fourth-order valence-corrected chi connectivity index (χ4v) is 9.33. The van der Waals surface area contributed by atoms with Gasteiger partial charge in [0, 0.05) is 31.6 Å². The zero-order valence-electron chi connectivity index (χ0n) is 31.3. The largest absolute Gasteiger partial charge is 0.530 e. The quantitative estimate of drug-likeness (QED) is 0.209. The van der Waals surface area contributed by atoms with Crippen LogP contribution in [0.4, 0.5) is 9.59 Å². The molecule has 4 heterocycles. The molecule has 0 unspecified atom stereocenters. The Balaban J connectivity index is 1.17. The van der Waals surface area contributed by atoms with Crippen molar-refractivity contribution < 1.29 is 61.4 Å². The van der Waals surface area contributed by atoms with Gasteiger partial charge in [0.1, 0.15) is 12.9 Å². The first-order valence-electron chi connectivity index (χ1n) is 18.9. The van der Waals surface area contributed by atoms with Gasteiger partial charge in [-0.05, 0) is 48.8 Å². The van der Waals surface area contributed by atoms with Gasteiger partial charge in [0.05, 0.1) is 49.5 Å². The zero-order valence-corrected chi connectivity index (χ0v) is 32.2. The third kappa shape index (κ3) is 10.6. The summed E-state index contributed by atoms with van der Waals surface area (Å²) in [6.07, 6.45) is -1.01. The molecule has 4 aliphatic heterocycles. The summed E-state index contributed by atoms with van der Waals surface area (Å²) in [5.41, 5.74) is 0.189. The van der Waals surface area contributed by atoms with Gasteiger partial charge in [0.25, 0.3) is 0 Å². The van der Waals surface area contributed by atoms with Crippen molar-refractivity contribution in [2.45, 2.75) is 87.8 Å². The first kappa shape index (κ1) is 40.9. The van der Waals surface area contributed by atoms with Crippen LogP contribution in [0, 0.1) is 11.3 Å². The third-order valence-electron chi connectivity index (χ3n) is 10.5. The van der Waals surface area contributed by atoms with Crippen LogP contribution in [-0.2, 0) is 40.1 Å². The van der Waals surface area contributed by atoms with E-state index < -0.39 is 64.8 Å². The Kier molecular flexibility index (Phi) is 13.8. The number of nitrogens with zero attached hydrogens (tertiary/aromatic N) is 2. The summed E-state index contributed by atoms with van der Waals surface area (Å²) in [7, 11) is -4.27. The summed E-state index contributed by atoms with van der Waals surface area (Å²) in [5.74, 6) is 0.460. The smallest absolute Gasteiger partial charge is 0.407 e. The zero-order chi connectivity index (χ0) is 39.0. The maximum Gasteiger partial charge on any atom is 0.407 e. The van der Waals surface area contributed by atoms with Crippen LogP contribution in [0.15, 0.2) is 53.4 Å². The van der Waals surface area contributed by atoms with Crippen molar-refractivity contribution in [1.82, 2.24) is 14.5 Å². The number of carbonyl (C=O) groups is 2. The van der Waals surface area contributed by atoms with Gasteiger partial charge in [-0.1, -0.05) is 57.0 Å². The normalized spacial score (nSPS) is 22.3. The molecule has 0 aliphatic carbocycles. The monoisotopic (exact) mass is 790 g/mol. The van der Waals surface area contributed by atoms with Crippen LogP contribution in [-0.4, -0.2) is 125 Å². The van der Waals surface area contributed by atoms with E-state index in [4.69, 9.17) is 33.2 Å². The first-order chi connectivity index (χ1) is 26.4. The predicted octanol–water partition coefficient (Wildman–Crippen LogP) is 2.47. The minimum atomic E-state index is -4.27. The number of unbranched alkanes of at least 4 members (excludes halogenated alkanes) is 2. The Morgan fingerprint density at radius 2 is 1.76 bits per heavy atom. The summed E-state index contributed by atoms with van der Waals surface area (Å²) >= 11 is 0. The number of nitrogens with one attached hydrogen (secondary N) is 1. The van der Waals surface area contributed by atoms with Crippen LogP contribution in [0.2, 0.25) is 0 Å². The Morgan fingerprint density at radius 3 is 2.53 bits per heavy atom. The Bertz CT molecular complexity index is 1690. The number of amides is 2. The highest BCUT2D eigenvalue weighted by Gasteiger charge is 2.47. The lowest BCUT2D eigenvalue weighted by molar-refractivity contribution is -0.273. The number of aliphatic hydroxyl groups excluding tert-OH is 1. The number of ether oxygens (including phenoxy) is 7.